The van der Waals surface area contributed by atoms with E-state index in [9.17, 15) is 9.90 Å². The molecule has 0 aliphatic carbocycles. The molecule has 0 aliphatic heterocycles. The van der Waals surface area contributed by atoms with Crippen molar-refractivity contribution in [3.63, 3.8) is 0 Å². The van der Waals surface area contributed by atoms with Gasteiger partial charge in [-0.3, -0.25) is 20.6 Å². The van der Waals surface area contributed by atoms with E-state index in [4.69, 9.17) is 0 Å². The molecule has 0 spiro atoms. The van der Waals surface area contributed by atoms with E-state index in [-0.39, 0.29) is 12.3 Å². The van der Waals surface area contributed by atoms with Crippen LogP contribution in [-0.4, -0.2) is 21.6 Å². The van der Waals surface area contributed by atoms with Crippen LogP contribution in [-0.2, 0) is 4.79 Å². The Morgan fingerprint density at radius 2 is 1.96 bits per heavy atom. The monoisotopic (exact) mass is 315 g/mol. The number of carbonyl (C=O) groups is 1. The lowest BCUT2D eigenvalue weighted by atomic mass is 9.89. The molecule has 0 unspecified atom stereocenters. The average Bonchev–Trinajstić information content (AvgIpc) is 2.53. The molecule has 5 nitrogen and oxygen atoms in total. The summed E-state index contributed by atoms with van der Waals surface area (Å²) in [6.07, 6.45) is 6.58. The molecule has 3 N–H and O–H groups in total. The highest BCUT2D eigenvalue weighted by Crippen LogP contribution is 2.24. The van der Waals surface area contributed by atoms with Crippen LogP contribution in [0.3, 0.4) is 0 Å². The Hall–Kier alpha value is -2.14. The molecular formula is C18H25N3O2. The summed E-state index contributed by atoms with van der Waals surface area (Å²) in [4.78, 5) is 16.3. The first-order valence-corrected chi connectivity index (χ1v) is 8.18. The molecule has 0 saturated carbocycles. The van der Waals surface area contributed by atoms with Crippen LogP contribution < -0.4 is 10.9 Å². The number of pyridine rings is 1. The van der Waals surface area contributed by atoms with E-state index < -0.39 is 5.60 Å². The number of nitrogens with zero attached hydrogens (tertiary/aromatic N) is 1. The van der Waals surface area contributed by atoms with Gasteiger partial charge in [-0.05, 0) is 25.0 Å². The molecule has 0 bridgehead atoms. The lowest BCUT2D eigenvalue weighted by Gasteiger charge is -2.27. The predicted molar refractivity (Wildman–Crippen MR) is 92.9 cm³/mol. The number of hydrogen-bond donors (Lipinski definition) is 3. The number of amides is 1. The molecule has 0 fully saturated rings. The zero-order chi connectivity index (χ0) is 16.7. The number of fused-ring (bicyclic) bond motifs is 1. The topological polar surface area (TPSA) is 74.2 Å². The molecule has 1 heterocycles. The van der Waals surface area contributed by atoms with Crippen molar-refractivity contribution in [3.05, 3.63) is 36.7 Å². The van der Waals surface area contributed by atoms with Gasteiger partial charge in [0.15, 0.2) is 0 Å². The Balaban J connectivity index is 2.00. The van der Waals surface area contributed by atoms with Gasteiger partial charge in [0.25, 0.3) is 0 Å². The first-order chi connectivity index (χ1) is 11.1. The van der Waals surface area contributed by atoms with E-state index in [0.717, 1.165) is 29.3 Å². The molecule has 23 heavy (non-hydrogen) atoms. The Labute approximate surface area is 137 Å². The quantitative estimate of drug-likeness (QED) is 0.653. The van der Waals surface area contributed by atoms with Crippen molar-refractivity contribution >= 4 is 22.4 Å². The van der Waals surface area contributed by atoms with Gasteiger partial charge in [-0.25, -0.2) is 0 Å². The predicted octanol–water partition coefficient (Wildman–Crippen LogP) is 3.40. The van der Waals surface area contributed by atoms with Crippen LogP contribution >= 0.6 is 0 Å². The highest BCUT2D eigenvalue weighted by Gasteiger charge is 2.28. The van der Waals surface area contributed by atoms with Gasteiger partial charge >= 0.3 is 0 Å². The molecule has 1 aromatic carbocycles. The van der Waals surface area contributed by atoms with E-state index in [1.54, 1.807) is 12.4 Å². The summed E-state index contributed by atoms with van der Waals surface area (Å²) in [7, 11) is 0. The van der Waals surface area contributed by atoms with E-state index in [0.29, 0.717) is 12.8 Å². The molecular weight excluding hydrogens is 290 g/mol. The van der Waals surface area contributed by atoms with E-state index in [1.165, 1.54) is 0 Å². The van der Waals surface area contributed by atoms with E-state index >= 15 is 0 Å². The van der Waals surface area contributed by atoms with Gasteiger partial charge in [0.1, 0.15) is 0 Å². The van der Waals surface area contributed by atoms with Crippen molar-refractivity contribution in [1.29, 1.82) is 0 Å². The molecule has 0 atom stereocenters. The maximum absolute atomic E-state index is 12.2. The summed E-state index contributed by atoms with van der Waals surface area (Å²) < 4.78 is 0. The average molecular weight is 315 g/mol. The van der Waals surface area contributed by atoms with Gasteiger partial charge in [0.05, 0.1) is 17.7 Å². The first-order valence-electron chi connectivity index (χ1n) is 8.18. The maximum atomic E-state index is 12.2. The standard InChI is InChI=1S/C18H25N3O2/c1-3-9-18(23,10-4-2)12-17(22)21-20-16-7-5-6-14-13-19-11-8-15(14)16/h5-8,11,13,20,23H,3-4,9-10,12H2,1-2H3,(H,21,22). The van der Waals surface area contributed by atoms with Crippen molar-refractivity contribution in [1.82, 2.24) is 10.4 Å². The summed E-state index contributed by atoms with van der Waals surface area (Å²) in [6.45, 7) is 4.03. The van der Waals surface area contributed by atoms with Crippen molar-refractivity contribution in [2.75, 3.05) is 5.43 Å². The Kier molecular flexibility index (Phi) is 5.93. The molecule has 5 heteroatoms. The fourth-order valence-corrected chi connectivity index (χ4v) is 2.94. The summed E-state index contributed by atoms with van der Waals surface area (Å²) in [6, 6.07) is 7.67. The second-order valence-corrected chi connectivity index (χ2v) is 5.98. The maximum Gasteiger partial charge on any atom is 0.241 e. The molecule has 2 rings (SSSR count). The number of anilines is 1. The normalized spacial score (nSPS) is 11.4. The van der Waals surface area contributed by atoms with Crippen LogP contribution in [0, 0.1) is 0 Å². The summed E-state index contributed by atoms with van der Waals surface area (Å²) >= 11 is 0. The van der Waals surface area contributed by atoms with Crippen LogP contribution in [0.1, 0.15) is 46.0 Å². The number of benzene rings is 1. The van der Waals surface area contributed by atoms with Crippen molar-refractivity contribution in [3.8, 4) is 0 Å². The number of carbonyl (C=O) groups excluding carboxylic acids is 1. The summed E-state index contributed by atoms with van der Waals surface area (Å²) in [5, 5.41) is 12.5. The second-order valence-electron chi connectivity index (χ2n) is 5.98. The van der Waals surface area contributed by atoms with Crippen LogP contribution in [0.25, 0.3) is 10.8 Å². The van der Waals surface area contributed by atoms with Crippen LogP contribution in [0.5, 0.6) is 0 Å². The van der Waals surface area contributed by atoms with Gasteiger partial charge < -0.3 is 5.11 Å². The van der Waals surface area contributed by atoms with Gasteiger partial charge in [-0.15, -0.1) is 0 Å². The van der Waals surface area contributed by atoms with Gasteiger partial charge in [0.2, 0.25) is 5.91 Å². The third-order valence-corrected chi connectivity index (χ3v) is 3.94. The number of hydrazine groups is 1. The number of aromatic nitrogens is 1. The third kappa shape index (κ3) is 4.66. The minimum absolute atomic E-state index is 0.105. The van der Waals surface area contributed by atoms with Gasteiger partial charge in [-0.1, -0.05) is 38.8 Å². The Morgan fingerprint density at radius 1 is 1.22 bits per heavy atom. The van der Waals surface area contributed by atoms with Gasteiger partial charge in [0, 0.05) is 23.2 Å². The minimum Gasteiger partial charge on any atom is -0.389 e. The number of nitrogens with one attached hydrogen (secondary N) is 2. The Bertz CT molecular complexity index is 646. The molecule has 2 aromatic rings. The molecule has 0 saturated heterocycles. The smallest absolute Gasteiger partial charge is 0.241 e. The summed E-state index contributed by atoms with van der Waals surface area (Å²) in [5.41, 5.74) is 5.54. The van der Waals surface area contributed by atoms with E-state index in [1.807, 2.05) is 38.1 Å². The molecule has 1 amide bonds. The zero-order valence-corrected chi connectivity index (χ0v) is 13.8. The second kappa shape index (κ2) is 7.92. The fraction of sp³-hybridized carbons (Fsp3) is 0.444. The molecule has 1 aromatic heterocycles. The minimum atomic E-state index is -0.919. The molecule has 0 radical (unpaired) electrons. The first kappa shape index (κ1) is 17.2. The Morgan fingerprint density at radius 3 is 2.65 bits per heavy atom. The van der Waals surface area contributed by atoms with Crippen molar-refractivity contribution < 1.29 is 9.90 Å². The lowest BCUT2D eigenvalue weighted by Crippen LogP contribution is -2.39. The van der Waals surface area contributed by atoms with E-state index in [2.05, 4.69) is 15.8 Å². The van der Waals surface area contributed by atoms with Crippen molar-refractivity contribution in [2.45, 2.75) is 51.6 Å². The number of rotatable bonds is 8. The largest absolute Gasteiger partial charge is 0.389 e. The summed E-state index contributed by atoms with van der Waals surface area (Å²) in [5.74, 6) is -0.208. The molecule has 0 aliphatic rings. The number of aliphatic hydroxyl groups is 1. The van der Waals surface area contributed by atoms with Gasteiger partial charge in [-0.2, -0.15) is 0 Å². The highest BCUT2D eigenvalue weighted by molar-refractivity contribution is 5.93. The van der Waals surface area contributed by atoms with Crippen LogP contribution in [0.4, 0.5) is 5.69 Å². The SMILES string of the molecule is CCCC(O)(CCC)CC(=O)NNc1cccc2cnccc12. The lowest BCUT2D eigenvalue weighted by molar-refractivity contribution is -0.126. The number of hydrogen-bond acceptors (Lipinski definition) is 4. The zero-order valence-electron chi connectivity index (χ0n) is 13.8. The van der Waals surface area contributed by atoms with Crippen LogP contribution in [0.2, 0.25) is 0 Å². The fourth-order valence-electron chi connectivity index (χ4n) is 2.94. The third-order valence-electron chi connectivity index (χ3n) is 3.94. The molecule has 124 valence electrons. The van der Waals surface area contributed by atoms with Crippen molar-refractivity contribution in [2.24, 2.45) is 0 Å². The van der Waals surface area contributed by atoms with Crippen LogP contribution in [0.15, 0.2) is 36.7 Å². The highest BCUT2D eigenvalue weighted by atomic mass is 16.3.